The predicted octanol–water partition coefficient (Wildman–Crippen LogP) is 1.98. The molecule has 3 heterocycles. The maximum atomic E-state index is 12.8. The number of alkyl halides is 3. The summed E-state index contributed by atoms with van der Waals surface area (Å²) in [5.41, 5.74) is 0.879. The standard InChI is InChI=1S/C22H29F3N2O6/c23-22(24,25)5-6-27-10-15(28)11-30-12-20-17(27)3-2-16(33-20)8-21(29)26-9-14-1-4-18-19(7-14)32-13-31-18/h1,4,7,15-17,20,28H,2-3,5-6,8-13H2,(H,26,29)/t15-,16-,17-,20+/m1/s1. The molecule has 2 saturated heterocycles. The Labute approximate surface area is 189 Å². The van der Waals surface area contributed by atoms with Crippen LogP contribution in [-0.4, -0.2) is 79.5 Å². The van der Waals surface area contributed by atoms with Crippen LogP contribution in [0, 0.1) is 0 Å². The van der Waals surface area contributed by atoms with Gasteiger partial charge in [-0.15, -0.1) is 0 Å². The molecular formula is C22H29F3N2O6. The molecule has 33 heavy (non-hydrogen) atoms. The molecule has 4 rings (SSSR count). The Hall–Kier alpha value is -2.08. The monoisotopic (exact) mass is 474 g/mol. The Morgan fingerprint density at radius 2 is 2.00 bits per heavy atom. The van der Waals surface area contributed by atoms with E-state index >= 15 is 0 Å². The van der Waals surface area contributed by atoms with E-state index in [0.717, 1.165) is 5.56 Å². The number of amides is 1. The minimum atomic E-state index is -4.27. The lowest BCUT2D eigenvalue weighted by molar-refractivity contribution is -0.169. The average molecular weight is 474 g/mol. The van der Waals surface area contributed by atoms with E-state index in [9.17, 15) is 23.1 Å². The van der Waals surface area contributed by atoms with Crippen molar-refractivity contribution in [3.8, 4) is 11.5 Å². The van der Waals surface area contributed by atoms with Gasteiger partial charge in [0.2, 0.25) is 12.7 Å². The van der Waals surface area contributed by atoms with Crippen molar-refractivity contribution >= 4 is 5.91 Å². The summed E-state index contributed by atoms with van der Waals surface area (Å²) in [4.78, 5) is 14.1. The minimum absolute atomic E-state index is 0.0375. The molecule has 8 nitrogen and oxygen atoms in total. The predicted molar refractivity (Wildman–Crippen MR) is 110 cm³/mol. The van der Waals surface area contributed by atoms with Crippen molar-refractivity contribution in [2.24, 2.45) is 0 Å². The number of hydrogen-bond donors (Lipinski definition) is 2. The molecule has 11 heteroatoms. The number of halogens is 3. The van der Waals surface area contributed by atoms with Gasteiger partial charge in [-0.1, -0.05) is 6.07 Å². The van der Waals surface area contributed by atoms with Crippen LogP contribution in [0.5, 0.6) is 11.5 Å². The Balaban J connectivity index is 1.29. The number of aliphatic hydroxyl groups is 1. The summed E-state index contributed by atoms with van der Waals surface area (Å²) >= 11 is 0. The van der Waals surface area contributed by atoms with Gasteiger partial charge in [0.05, 0.1) is 44.4 Å². The topological polar surface area (TPSA) is 89.5 Å². The molecule has 3 aliphatic heterocycles. The van der Waals surface area contributed by atoms with Gasteiger partial charge in [0, 0.05) is 25.7 Å². The summed E-state index contributed by atoms with van der Waals surface area (Å²) in [6.07, 6.45) is -5.61. The van der Waals surface area contributed by atoms with Crippen LogP contribution in [0.25, 0.3) is 0 Å². The third-order valence-electron chi connectivity index (χ3n) is 6.11. The van der Waals surface area contributed by atoms with Crippen LogP contribution in [-0.2, 0) is 20.8 Å². The lowest BCUT2D eigenvalue weighted by atomic mass is 9.94. The molecule has 2 fully saturated rings. The van der Waals surface area contributed by atoms with E-state index in [1.165, 1.54) is 0 Å². The minimum Gasteiger partial charge on any atom is -0.454 e. The molecule has 0 aliphatic carbocycles. The van der Waals surface area contributed by atoms with Crippen LogP contribution in [0.3, 0.4) is 0 Å². The molecule has 0 saturated carbocycles. The van der Waals surface area contributed by atoms with Gasteiger partial charge in [0.25, 0.3) is 0 Å². The molecular weight excluding hydrogens is 445 g/mol. The first-order chi connectivity index (χ1) is 15.8. The number of aliphatic hydroxyl groups excluding tert-OH is 1. The zero-order valence-electron chi connectivity index (χ0n) is 18.2. The smallest absolute Gasteiger partial charge is 0.390 e. The highest BCUT2D eigenvalue weighted by atomic mass is 19.4. The molecule has 1 amide bonds. The lowest BCUT2D eigenvalue weighted by Crippen LogP contribution is -2.56. The molecule has 1 aromatic rings. The third kappa shape index (κ3) is 6.72. The van der Waals surface area contributed by atoms with Crippen molar-refractivity contribution in [1.82, 2.24) is 10.2 Å². The summed E-state index contributed by atoms with van der Waals surface area (Å²) in [7, 11) is 0. The number of ether oxygens (including phenoxy) is 4. The van der Waals surface area contributed by atoms with Crippen LogP contribution in [0.1, 0.15) is 31.2 Å². The molecule has 184 valence electrons. The number of benzene rings is 1. The third-order valence-corrected chi connectivity index (χ3v) is 6.11. The maximum Gasteiger partial charge on any atom is 0.390 e. The second-order valence-electron chi connectivity index (χ2n) is 8.66. The molecule has 0 aromatic heterocycles. The van der Waals surface area contributed by atoms with Gasteiger partial charge in [-0.3, -0.25) is 9.69 Å². The maximum absolute atomic E-state index is 12.8. The van der Waals surface area contributed by atoms with Gasteiger partial charge in [-0.25, -0.2) is 0 Å². The largest absolute Gasteiger partial charge is 0.454 e. The fourth-order valence-corrected chi connectivity index (χ4v) is 4.50. The van der Waals surface area contributed by atoms with Crippen LogP contribution >= 0.6 is 0 Å². The van der Waals surface area contributed by atoms with Crippen molar-refractivity contribution < 1.29 is 42.0 Å². The molecule has 0 spiro atoms. The van der Waals surface area contributed by atoms with E-state index in [2.05, 4.69) is 5.32 Å². The summed E-state index contributed by atoms with van der Waals surface area (Å²) in [5, 5.41) is 12.9. The molecule has 3 aliphatic rings. The van der Waals surface area contributed by atoms with Gasteiger partial charge in [-0.2, -0.15) is 13.2 Å². The molecule has 1 aromatic carbocycles. The van der Waals surface area contributed by atoms with Crippen LogP contribution in [0.4, 0.5) is 13.2 Å². The quantitative estimate of drug-likeness (QED) is 0.652. The van der Waals surface area contributed by atoms with Gasteiger partial charge >= 0.3 is 6.18 Å². The van der Waals surface area contributed by atoms with Crippen molar-refractivity contribution in [2.45, 2.75) is 62.8 Å². The van der Waals surface area contributed by atoms with E-state index < -0.39 is 24.8 Å². The van der Waals surface area contributed by atoms with Gasteiger partial charge < -0.3 is 29.4 Å². The highest BCUT2D eigenvalue weighted by Crippen LogP contribution is 2.33. The molecule has 4 atom stereocenters. The van der Waals surface area contributed by atoms with E-state index in [4.69, 9.17) is 18.9 Å². The van der Waals surface area contributed by atoms with Crippen molar-refractivity contribution in [3.63, 3.8) is 0 Å². The average Bonchev–Trinajstić information content (AvgIpc) is 3.22. The van der Waals surface area contributed by atoms with Gasteiger partial charge in [0.1, 0.15) is 0 Å². The summed E-state index contributed by atoms with van der Waals surface area (Å²) in [5.74, 6) is 1.15. The van der Waals surface area contributed by atoms with Crippen LogP contribution in [0.2, 0.25) is 0 Å². The van der Waals surface area contributed by atoms with Gasteiger partial charge in [-0.05, 0) is 30.5 Å². The Morgan fingerprint density at radius 1 is 1.18 bits per heavy atom. The Morgan fingerprint density at radius 3 is 2.82 bits per heavy atom. The number of hydrogen-bond acceptors (Lipinski definition) is 7. The van der Waals surface area contributed by atoms with Crippen LogP contribution < -0.4 is 14.8 Å². The molecule has 2 N–H and O–H groups in total. The summed E-state index contributed by atoms with van der Waals surface area (Å²) in [6, 6.07) is 5.17. The highest BCUT2D eigenvalue weighted by molar-refractivity contribution is 5.76. The molecule has 0 bridgehead atoms. The fraction of sp³-hybridized carbons (Fsp3) is 0.682. The molecule has 0 radical (unpaired) electrons. The lowest BCUT2D eigenvalue weighted by Gasteiger charge is -2.44. The number of nitrogens with zero attached hydrogens (tertiary/aromatic N) is 1. The van der Waals surface area contributed by atoms with E-state index in [1.807, 2.05) is 12.1 Å². The Kier molecular flexibility index (Phi) is 7.62. The number of carbonyl (C=O) groups excluding carboxylic acids is 1. The number of rotatable bonds is 6. The van der Waals surface area contributed by atoms with E-state index in [1.54, 1.807) is 11.0 Å². The second-order valence-corrected chi connectivity index (χ2v) is 8.66. The zero-order chi connectivity index (χ0) is 23.4. The number of nitrogens with one attached hydrogen (secondary N) is 1. The van der Waals surface area contributed by atoms with E-state index in [-0.39, 0.29) is 57.6 Å². The highest BCUT2D eigenvalue weighted by Gasteiger charge is 2.39. The SMILES string of the molecule is O=C(C[C@H]1CC[C@@H]2[C@H](COC[C@H](O)CN2CCC(F)(F)F)O1)NCc1ccc2c(c1)OCO2. The first-order valence-corrected chi connectivity index (χ1v) is 11.1. The number of fused-ring (bicyclic) bond motifs is 2. The Bertz CT molecular complexity index is 824. The van der Waals surface area contributed by atoms with Gasteiger partial charge in [0.15, 0.2) is 11.5 Å². The summed E-state index contributed by atoms with van der Waals surface area (Å²) < 4.78 is 60.5. The van der Waals surface area contributed by atoms with Crippen molar-refractivity contribution in [2.75, 3.05) is 33.1 Å². The second kappa shape index (κ2) is 10.5. The van der Waals surface area contributed by atoms with Crippen molar-refractivity contribution in [3.05, 3.63) is 23.8 Å². The molecule has 0 unspecified atom stereocenters. The first-order valence-electron chi connectivity index (χ1n) is 11.1. The fourth-order valence-electron chi connectivity index (χ4n) is 4.50. The zero-order valence-corrected chi connectivity index (χ0v) is 18.2. The first kappa shape index (κ1) is 24.1. The number of carbonyl (C=O) groups is 1. The van der Waals surface area contributed by atoms with Crippen molar-refractivity contribution in [1.29, 1.82) is 0 Å². The number of β-amino-alcohol motifs (C(OH)–C–C–N with tert-alkyl or cyclic N) is 1. The summed E-state index contributed by atoms with van der Waals surface area (Å²) in [6.45, 7) is 0.617. The van der Waals surface area contributed by atoms with Crippen LogP contribution in [0.15, 0.2) is 18.2 Å². The van der Waals surface area contributed by atoms with E-state index in [0.29, 0.717) is 30.9 Å². The normalized spacial score (nSPS) is 28.0.